The molecule has 0 aliphatic rings. The Kier molecular flexibility index (Phi) is 4.44. The van der Waals surface area contributed by atoms with E-state index in [-0.39, 0.29) is 10.8 Å². The third kappa shape index (κ3) is 9.88. The van der Waals surface area contributed by atoms with Gasteiger partial charge >= 0.3 is 0 Å². The fraction of sp³-hybridized carbons (Fsp3) is 0.667. The summed E-state index contributed by atoms with van der Waals surface area (Å²) in [6.07, 6.45) is 6.56. The van der Waals surface area contributed by atoms with Gasteiger partial charge in [-0.15, -0.1) is 0 Å². The van der Waals surface area contributed by atoms with Crippen LogP contribution < -0.4 is 0 Å². The molecule has 0 aromatic rings. The Balaban J connectivity index is 4.40. The third-order valence-electron chi connectivity index (χ3n) is 1.31. The molecule has 0 amide bonds. The normalized spacial score (nSPS) is 15.5. The molecule has 0 heterocycles. The minimum absolute atomic E-state index is 0.237. The summed E-state index contributed by atoms with van der Waals surface area (Å²) >= 11 is 3.54. The highest BCUT2D eigenvalue weighted by Crippen LogP contribution is 2.23. The van der Waals surface area contributed by atoms with Gasteiger partial charge in [0, 0.05) is 4.48 Å². The summed E-state index contributed by atoms with van der Waals surface area (Å²) in [5, 5.41) is 0. The Bertz CT molecular complexity index is 208. The molecule has 0 saturated carbocycles. The summed E-state index contributed by atoms with van der Waals surface area (Å²) in [5.74, 6) is 0. The van der Waals surface area contributed by atoms with Crippen LogP contribution in [0.1, 0.15) is 41.5 Å². The minimum Gasteiger partial charge on any atom is -0.0780 e. The van der Waals surface area contributed by atoms with Crippen LogP contribution in [0, 0.1) is 10.8 Å². The van der Waals surface area contributed by atoms with Crippen molar-refractivity contribution in [2.45, 2.75) is 41.5 Å². The van der Waals surface area contributed by atoms with Crippen molar-refractivity contribution in [2.24, 2.45) is 10.8 Å². The molecule has 0 aliphatic carbocycles. The van der Waals surface area contributed by atoms with Gasteiger partial charge in [0.15, 0.2) is 0 Å². The molecule has 1 heteroatoms. The van der Waals surface area contributed by atoms with E-state index >= 15 is 0 Å². The predicted molar refractivity (Wildman–Crippen MR) is 65.1 cm³/mol. The van der Waals surface area contributed by atoms with Crippen molar-refractivity contribution in [2.75, 3.05) is 0 Å². The highest BCUT2D eigenvalue weighted by Gasteiger charge is 2.07. The van der Waals surface area contributed by atoms with E-state index in [2.05, 4.69) is 75.7 Å². The maximum atomic E-state index is 3.54. The van der Waals surface area contributed by atoms with Crippen molar-refractivity contribution in [1.29, 1.82) is 0 Å². The second kappa shape index (κ2) is 4.45. The van der Waals surface area contributed by atoms with Crippen molar-refractivity contribution >= 4 is 15.9 Å². The minimum atomic E-state index is 0.237. The van der Waals surface area contributed by atoms with Gasteiger partial charge in [-0.1, -0.05) is 75.7 Å². The zero-order valence-electron chi connectivity index (χ0n) is 9.61. The highest BCUT2D eigenvalue weighted by atomic mass is 79.9. The van der Waals surface area contributed by atoms with Crippen LogP contribution in [0.25, 0.3) is 0 Å². The van der Waals surface area contributed by atoms with Crippen LogP contribution in [0.2, 0.25) is 0 Å². The first-order valence-corrected chi connectivity index (χ1v) is 5.47. The van der Waals surface area contributed by atoms with Crippen molar-refractivity contribution in [3.05, 3.63) is 22.7 Å². The Morgan fingerprint density at radius 1 is 0.923 bits per heavy atom. The molecular formula is C12H21Br. The third-order valence-corrected chi connectivity index (χ3v) is 1.81. The average molecular weight is 245 g/mol. The first-order chi connectivity index (χ1) is 5.60. The molecule has 76 valence electrons. The Hall–Kier alpha value is -0.0400. The molecule has 0 bridgehead atoms. The summed E-state index contributed by atoms with van der Waals surface area (Å²) in [6.45, 7) is 13.2. The van der Waals surface area contributed by atoms with Crippen molar-refractivity contribution in [1.82, 2.24) is 0 Å². The molecule has 0 radical (unpaired) electrons. The quantitative estimate of drug-likeness (QED) is 0.575. The number of halogens is 1. The largest absolute Gasteiger partial charge is 0.0780 e. The lowest BCUT2D eigenvalue weighted by Crippen LogP contribution is -2.00. The molecule has 0 aromatic heterocycles. The number of hydrogen-bond donors (Lipinski definition) is 0. The lowest BCUT2D eigenvalue weighted by atomic mass is 9.94. The molecule has 13 heavy (non-hydrogen) atoms. The summed E-state index contributed by atoms with van der Waals surface area (Å²) in [6, 6.07) is 0. The van der Waals surface area contributed by atoms with E-state index in [9.17, 15) is 0 Å². The van der Waals surface area contributed by atoms with Gasteiger partial charge in [-0.2, -0.15) is 0 Å². The molecule has 0 saturated heterocycles. The van der Waals surface area contributed by atoms with Crippen molar-refractivity contribution in [3.63, 3.8) is 0 Å². The second-order valence-corrected chi connectivity index (χ2v) is 6.51. The van der Waals surface area contributed by atoms with Gasteiger partial charge in [0.1, 0.15) is 0 Å². The van der Waals surface area contributed by atoms with Crippen LogP contribution in [0.4, 0.5) is 0 Å². The molecular weight excluding hydrogens is 224 g/mol. The maximum Gasteiger partial charge on any atom is 0.0137 e. The summed E-state index contributed by atoms with van der Waals surface area (Å²) in [7, 11) is 0. The number of rotatable bonds is 1. The van der Waals surface area contributed by atoms with E-state index < -0.39 is 0 Å². The smallest absolute Gasteiger partial charge is 0.0137 e. The van der Waals surface area contributed by atoms with Crippen LogP contribution in [-0.4, -0.2) is 0 Å². The maximum absolute atomic E-state index is 3.54. The van der Waals surface area contributed by atoms with E-state index in [4.69, 9.17) is 0 Å². The van der Waals surface area contributed by atoms with Crippen LogP contribution in [-0.2, 0) is 0 Å². The molecule has 0 aliphatic heterocycles. The molecule has 0 spiro atoms. The van der Waals surface area contributed by atoms with Crippen LogP contribution in [0.15, 0.2) is 22.7 Å². The van der Waals surface area contributed by atoms with E-state index in [0.717, 1.165) is 4.48 Å². The van der Waals surface area contributed by atoms with Gasteiger partial charge in [0.05, 0.1) is 0 Å². The van der Waals surface area contributed by atoms with Gasteiger partial charge < -0.3 is 0 Å². The summed E-state index contributed by atoms with van der Waals surface area (Å²) < 4.78 is 1.16. The van der Waals surface area contributed by atoms with Crippen LogP contribution in [0.5, 0.6) is 0 Å². The second-order valence-electron chi connectivity index (χ2n) is 5.59. The Labute approximate surface area is 91.2 Å². The van der Waals surface area contributed by atoms with Crippen LogP contribution >= 0.6 is 15.9 Å². The van der Waals surface area contributed by atoms with Gasteiger partial charge in [0.2, 0.25) is 0 Å². The molecule has 0 atom stereocenters. The van der Waals surface area contributed by atoms with E-state index in [1.807, 2.05) is 0 Å². The predicted octanol–water partition coefficient (Wildman–Crippen LogP) is 4.91. The van der Waals surface area contributed by atoms with Gasteiger partial charge in [-0.25, -0.2) is 0 Å². The van der Waals surface area contributed by atoms with E-state index in [1.165, 1.54) is 0 Å². The summed E-state index contributed by atoms with van der Waals surface area (Å²) in [5.41, 5.74) is 0.492. The van der Waals surface area contributed by atoms with E-state index in [0.29, 0.717) is 0 Å². The molecule has 0 fully saturated rings. The van der Waals surface area contributed by atoms with E-state index in [1.54, 1.807) is 0 Å². The van der Waals surface area contributed by atoms with Crippen molar-refractivity contribution in [3.8, 4) is 0 Å². The zero-order valence-corrected chi connectivity index (χ0v) is 11.2. The van der Waals surface area contributed by atoms with Crippen LogP contribution in [0.3, 0.4) is 0 Å². The van der Waals surface area contributed by atoms with Crippen molar-refractivity contribution < 1.29 is 0 Å². The standard InChI is InChI=1S/C12H21Br/c1-11(2,3)8-7-10(13)9-12(4,5)6/h7-9H,1-6H3/b8-7-,10-9+. The molecule has 0 unspecified atom stereocenters. The summed E-state index contributed by atoms with van der Waals surface area (Å²) in [4.78, 5) is 0. The fourth-order valence-corrected chi connectivity index (χ4v) is 1.61. The molecule has 0 aromatic carbocycles. The van der Waals surface area contributed by atoms with Gasteiger partial charge in [-0.05, 0) is 10.8 Å². The zero-order chi connectivity index (χ0) is 10.7. The first kappa shape index (κ1) is 13.0. The topological polar surface area (TPSA) is 0 Å². The Morgan fingerprint density at radius 2 is 1.38 bits per heavy atom. The van der Waals surface area contributed by atoms with Gasteiger partial charge in [-0.3, -0.25) is 0 Å². The lowest BCUT2D eigenvalue weighted by Gasteiger charge is -2.14. The molecule has 0 nitrogen and oxygen atoms in total. The lowest BCUT2D eigenvalue weighted by molar-refractivity contribution is 0.539. The number of allylic oxidation sites excluding steroid dienone is 4. The Morgan fingerprint density at radius 3 is 1.69 bits per heavy atom. The fourth-order valence-electron chi connectivity index (χ4n) is 0.791. The molecule has 0 N–H and O–H groups in total. The SMILES string of the molecule is CC(C)(C)/C=C\C(Br)=C/C(C)(C)C. The first-order valence-electron chi connectivity index (χ1n) is 4.68. The highest BCUT2D eigenvalue weighted by molar-refractivity contribution is 9.11. The number of hydrogen-bond acceptors (Lipinski definition) is 0. The average Bonchev–Trinajstić information content (AvgIpc) is 1.78. The molecule has 0 rings (SSSR count). The monoisotopic (exact) mass is 244 g/mol. The van der Waals surface area contributed by atoms with Gasteiger partial charge in [0.25, 0.3) is 0 Å².